The number of nitrogens with one attached hydrogen (secondary N) is 1. The van der Waals surface area contributed by atoms with Gasteiger partial charge in [0.25, 0.3) is 5.91 Å². The summed E-state index contributed by atoms with van der Waals surface area (Å²) >= 11 is 0. The molecule has 2 aromatic rings. The Hall–Kier alpha value is -3.14. The average molecular weight is 339 g/mol. The van der Waals surface area contributed by atoms with Crippen LogP contribution in [0.2, 0.25) is 0 Å². The number of aromatic nitrogens is 2. The van der Waals surface area contributed by atoms with Crippen molar-refractivity contribution in [1.29, 1.82) is 5.26 Å². The van der Waals surface area contributed by atoms with E-state index in [-0.39, 0.29) is 17.1 Å². The minimum absolute atomic E-state index is 0.0366. The van der Waals surface area contributed by atoms with Crippen molar-refractivity contribution < 1.29 is 9.53 Å². The first-order chi connectivity index (χ1) is 11.8. The molecule has 0 saturated carbocycles. The molecule has 0 aliphatic carbocycles. The van der Waals surface area contributed by atoms with Gasteiger partial charge in [0.15, 0.2) is 0 Å². The van der Waals surface area contributed by atoms with E-state index >= 15 is 0 Å². The first kappa shape index (κ1) is 18.2. The topological polar surface area (TPSA) is 91.1 Å². The molecule has 0 unspecified atom stereocenters. The number of benzene rings is 1. The molecule has 0 atom stereocenters. The molecule has 0 fully saturated rings. The molecule has 1 heterocycles. The number of methoxy groups -OCH3 is 1. The van der Waals surface area contributed by atoms with Gasteiger partial charge in [-0.2, -0.15) is 5.26 Å². The molecule has 1 aromatic carbocycles. The fourth-order valence-corrected chi connectivity index (χ4v) is 2.16. The van der Waals surface area contributed by atoms with Crippen molar-refractivity contribution in [3.8, 4) is 11.8 Å². The molecule has 0 radical (unpaired) electrons. The minimum atomic E-state index is -0.217. The largest absolute Gasteiger partial charge is 0.497 e. The Labute approximate surface area is 147 Å². The fourth-order valence-electron chi connectivity index (χ4n) is 2.16. The van der Waals surface area contributed by atoms with Crippen LogP contribution in [0.3, 0.4) is 0 Å². The van der Waals surface area contributed by atoms with E-state index in [1.54, 1.807) is 37.4 Å². The van der Waals surface area contributed by atoms with Gasteiger partial charge >= 0.3 is 0 Å². The van der Waals surface area contributed by atoms with Crippen molar-refractivity contribution in [3.05, 3.63) is 47.9 Å². The van der Waals surface area contributed by atoms with Crippen LogP contribution >= 0.6 is 0 Å². The molecule has 130 valence electrons. The molecule has 0 aliphatic heterocycles. The molecule has 2 rings (SSSR count). The zero-order valence-electron chi connectivity index (χ0n) is 14.8. The zero-order chi connectivity index (χ0) is 18.4. The Kier molecular flexibility index (Phi) is 5.55. The highest BCUT2D eigenvalue weighted by Crippen LogP contribution is 2.20. The van der Waals surface area contributed by atoms with Crippen LogP contribution in [0.1, 0.15) is 37.0 Å². The Balaban J connectivity index is 2.31. The Bertz CT molecular complexity index is 793. The predicted molar refractivity (Wildman–Crippen MR) is 93.9 cm³/mol. The average Bonchev–Trinajstić information content (AvgIpc) is 2.59. The summed E-state index contributed by atoms with van der Waals surface area (Å²) in [5, 5.41) is 10.4. The van der Waals surface area contributed by atoms with E-state index in [0.717, 1.165) is 0 Å². The number of carbonyl (C=O) groups excluding carboxylic acids is 1. The van der Waals surface area contributed by atoms with Crippen LogP contribution in [0.4, 0.5) is 5.82 Å². The molecule has 1 amide bonds. The van der Waals surface area contributed by atoms with Crippen LogP contribution in [0, 0.1) is 16.7 Å². The number of nitriles is 1. The van der Waals surface area contributed by atoms with E-state index in [1.807, 2.05) is 26.8 Å². The lowest BCUT2D eigenvalue weighted by Crippen LogP contribution is -2.42. The third-order valence-electron chi connectivity index (χ3n) is 3.20. The van der Waals surface area contributed by atoms with E-state index < -0.39 is 0 Å². The standard InChI is InChI=1S/C18H21N5O2/c1-18(2,3)12-23(22-15-8-9-20-16(11-19)21-15)17(24)13-6-5-7-14(10-13)25-4/h5-10H,12H2,1-4H3,(H,20,21,22). The maximum atomic E-state index is 12.9. The molecule has 1 aromatic heterocycles. The lowest BCUT2D eigenvalue weighted by molar-refractivity contribution is 0.0742. The van der Waals surface area contributed by atoms with Crippen LogP contribution in [-0.4, -0.2) is 34.5 Å². The number of amides is 1. The van der Waals surface area contributed by atoms with Gasteiger partial charge in [-0.05, 0) is 23.6 Å². The minimum Gasteiger partial charge on any atom is -0.497 e. The van der Waals surface area contributed by atoms with Crippen LogP contribution in [0.25, 0.3) is 0 Å². The number of rotatable bonds is 5. The molecule has 0 bridgehead atoms. The summed E-state index contributed by atoms with van der Waals surface area (Å²) < 4.78 is 5.19. The number of anilines is 1. The van der Waals surface area contributed by atoms with Crippen LogP contribution in [0.5, 0.6) is 5.75 Å². The van der Waals surface area contributed by atoms with E-state index in [2.05, 4.69) is 15.4 Å². The van der Waals surface area contributed by atoms with E-state index in [0.29, 0.717) is 23.7 Å². The molecular formula is C18H21N5O2. The summed E-state index contributed by atoms with van der Waals surface area (Å²) in [6.45, 7) is 6.53. The molecule has 7 nitrogen and oxygen atoms in total. The summed E-state index contributed by atoms with van der Waals surface area (Å²) in [4.78, 5) is 20.9. The maximum Gasteiger partial charge on any atom is 0.272 e. The highest BCUT2D eigenvalue weighted by molar-refractivity contribution is 5.95. The van der Waals surface area contributed by atoms with Crippen molar-refractivity contribution in [3.63, 3.8) is 0 Å². The molecule has 0 aliphatic rings. The zero-order valence-corrected chi connectivity index (χ0v) is 14.8. The van der Waals surface area contributed by atoms with Crippen molar-refractivity contribution in [2.45, 2.75) is 20.8 Å². The van der Waals surface area contributed by atoms with E-state index in [4.69, 9.17) is 10.00 Å². The molecule has 7 heteroatoms. The number of carbonyl (C=O) groups is 1. The van der Waals surface area contributed by atoms with Gasteiger partial charge in [-0.15, -0.1) is 0 Å². The Morgan fingerprint density at radius 2 is 2.12 bits per heavy atom. The number of hydrogen-bond donors (Lipinski definition) is 1. The van der Waals surface area contributed by atoms with Gasteiger partial charge in [0.2, 0.25) is 5.82 Å². The van der Waals surface area contributed by atoms with Crippen LogP contribution in [0.15, 0.2) is 36.5 Å². The molecule has 0 saturated heterocycles. The van der Waals surface area contributed by atoms with Crippen LogP contribution < -0.4 is 10.2 Å². The van der Waals surface area contributed by atoms with Gasteiger partial charge in [-0.1, -0.05) is 26.8 Å². The third kappa shape index (κ3) is 5.18. The highest BCUT2D eigenvalue weighted by atomic mass is 16.5. The number of hydrazine groups is 1. The van der Waals surface area contributed by atoms with Gasteiger partial charge in [0.05, 0.1) is 7.11 Å². The van der Waals surface area contributed by atoms with Gasteiger partial charge < -0.3 is 4.74 Å². The van der Waals surface area contributed by atoms with Gasteiger partial charge in [-0.25, -0.2) is 9.97 Å². The quantitative estimate of drug-likeness (QED) is 0.842. The Morgan fingerprint density at radius 3 is 2.76 bits per heavy atom. The number of hydrogen-bond acceptors (Lipinski definition) is 6. The first-order valence-corrected chi connectivity index (χ1v) is 7.78. The Morgan fingerprint density at radius 1 is 1.36 bits per heavy atom. The fraction of sp³-hybridized carbons (Fsp3) is 0.333. The molecule has 0 spiro atoms. The number of nitrogens with zero attached hydrogens (tertiary/aromatic N) is 4. The first-order valence-electron chi connectivity index (χ1n) is 7.78. The highest BCUT2D eigenvalue weighted by Gasteiger charge is 2.23. The van der Waals surface area contributed by atoms with Crippen molar-refractivity contribution in [2.24, 2.45) is 5.41 Å². The summed E-state index contributed by atoms with van der Waals surface area (Å²) in [6, 6.07) is 10.4. The van der Waals surface area contributed by atoms with E-state index in [1.165, 1.54) is 11.2 Å². The summed E-state index contributed by atoms with van der Waals surface area (Å²) in [5.74, 6) is 0.808. The summed E-state index contributed by atoms with van der Waals surface area (Å²) in [7, 11) is 1.55. The smallest absolute Gasteiger partial charge is 0.272 e. The molecular weight excluding hydrogens is 318 g/mol. The van der Waals surface area contributed by atoms with Crippen molar-refractivity contribution in [2.75, 3.05) is 19.1 Å². The lowest BCUT2D eigenvalue weighted by atomic mass is 9.96. The predicted octanol–water partition coefficient (Wildman–Crippen LogP) is 2.87. The second-order valence-electron chi connectivity index (χ2n) is 6.67. The van der Waals surface area contributed by atoms with Crippen molar-refractivity contribution in [1.82, 2.24) is 15.0 Å². The number of ether oxygens (including phenoxy) is 1. The summed E-state index contributed by atoms with van der Waals surface area (Å²) in [6.07, 6.45) is 1.47. The maximum absolute atomic E-state index is 12.9. The normalized spacial score (nSPS) is 10.7. The lowest BCUT2D eigenvalue weighted by Gasteiger charge is -2.30. The molecule has 1 N–H and O–H groups in total. The SMILES string of the molecule is COc1cccc(C(=O)N(CC(C)(C)C)Nc2ccnc(C#N)n2)c1. The van der Waals surface area contributed by atoms with Gasteiger partial charge in [0.1, 0.15) is 17.6 Å². The van der Waals surface area contributed by atoms with Crippen LogP contribution in [-0.2, 0) is 0 Å². The third-order valence-corrected chi connectivity index (χ3v) is 3.20. The summed E-state index contributed by atoms with van der Waals surface area (Å²) in [5.41, 5.74) is 3.33. The monoisotopic (exact) mass is 339 g/mol. The van der Waals surface area contributed by atoms with Crippen molar-refractivity contribution >= 4 is 11.7 Å². The second kappa shape index (κ2) is 7.62. The van der Waals surface area contributed by atoms with Gasteiger partial charge in [0, 0.05) is 24.4 Å². The second-order valence-corrected chi connectivity index (χ2v) is 6.67. The van der Waals surface area contributed by atoms with E-state index in [9.17, 15) is 4.79 Å². The van der Waals surface area contributed by atoms with Gasteiger partial charge in [-0.3, -0.25) is 15.2 Å². The molecule has 25 heavy (non-hydrogen) atoms.